The van der Waals surface area contributed by atoms with E-state index in [0.717, 1.165) is 16.5 Å². The second-order valence-corrected chi connectivity index (χ2v) is 3.90. The van der Waals surface area contributed by atoms with Crippen molar-refractivity contribution in [2.24, 2.45) is 0 Å². The lowest BCUT2D eigenvalue weighted by molar-refractivity contribution is 0.0691. The molecule has 2 aromatic heterocycles. The number of ether oxygens (including phenoxy) is 1. The maximum atomic E-state index is 10.9. The van der Waals surface area contributed by atoms with E-state index in [9.17, 15) is 4.79 Å². The highest BCUT2D eigenvalue weighted by atomic mass is 16.5. The van der Waals surface area contributed by atoms with E-state index in [1.54, 1.807) is 17.7 Å². The Balaban J connectivity index is 2.42. The zero-order chi connectivity index (χ0) is 12.7. The predicted molar refractivity (Wildman–Crippen MR) is 66.2 cm³/mol. The summed E-state index contributed by atoms with van der Waals surface area (Å²) < 4.78 is 6.98. The van der Waals surface area contributed by atoms with Gasteiger partial charge in [-0.25, -0.2) is 9.78 Å². The van der Waals surface area contributed by atoms with Crippen LogP contribution in [0.15, 0.2) is 36.7 Å². The summed E-state index contributed by atoms with van der Waals surface area (Å²) >= 11 is 0. The Morgan fingerprint density at radius 3 is 2.89 bits per heavy atom. The van der Waals surface area contributed by atoms with E-state index in [1.165, 1.54) is 6.20 Å². The van der Waals surface area contributed by atoms with E-state index >= 15 is 0 Å². The molecule has 18 heavy (non-hydrogen) atoms. The van der Waals surface area contributed by atoms with Crippen LogP contribution in [0.2, 0.25) is 0 Å². The minimum Gasteiger partial charge on any atom is -0.496 e. The number of carbonyl (C=O) groups is 1. The van der Waals surface area contributed by atoms with Crippen molar-refractivity contribution in [3.05, 3.63) is 42.4 Å². The van der Waals surface area contributed by atoms with Crippen LogP contribution in [-0.2, 0) is 0 Å². The first kappa shape index (κ1) is 10.6. The Labute approximate surface area is 102 Å². The van der Waals surface area contributed by atoms with Crippen LogP contribution in [0.3, 0.4) is 0 Å². The number of hydrogen-bond acceptors (Lipinski definition) is 3. The van der Waals surface area contributed by atoms with Crippen LogP contribution < -0.4 is 4.74 Å². The Morgan fingerprint density at radius 2 is 2.17 bits per heavy atom. The van der Waals surface area contributed by atoms with Gasteiger partial charge in [0.25, 0.3) is 0 Å². The SMILES string of the molecule is COc1cccc2c1ccn1cc(C(=O)O)nc21. The molecule has 0 aliphatic heterocycles. The summed E-state index contributed by atoms with van der Waals surface area (Å²) in [4.78, 5) is 15.1. The standard InChI is InChI=1S/C13H10N2O3/c1-18-11-4-2-3-9-8(11)5-6-15-7-10(13(16)17)14-12(9)15/h2-7H,1H3,(H,16,17). The summed E-state index contributed by atoms with van der Waals surface area (Å²) in [7, 11) is 1.60. The fraction of sp³-hybridized carbons (Fsp3) is 0.0769. The Bertz CT molecular complexity index is 761. The lowest BCUT2D eigenvalue weighted by Gasteiger charge is -2.05. The highest BCUT2D eigenvalue weighted by Gasteiger charge is 2.12. The van der Waals surface area contributed by atoms with Crippen molar-refractivity contribution < 1.29 is 14.6 Å². The minimum atomic E-state index is -1.03. The third kappa shape index (κ3) is 1.41. The Morgan fingerprint density at radius 1 is 1.33 bits per heavy atom. The number of nitrogens with zero attached hydrogens (tertiary/aromatic N) is 2. The second kappa shape index (κ2) is 3.73. The van der Waals surface area contributed by atoms with Gasteiger partial charge in [-0.2, -0.15) is 0 Å². The van der Waals surface area contributed by atoms with Crippen LogP contribution >= 0.6 is 0 Å². The largest absolute Gasteiger partial charge is 0.496 e. The number of aromatic carboxylic acids is 1. The van der Waals surface area contributed by atoms with Gasteiger partial charge in [-0.15, -0.1) is 0 Å². The minimum absolute atomic E-state index is 0.0327. The molecule has 1 aromatic carbocycles. The number of carboxylic acids is 1. The van der Waals surface area contributed by atoms with Gasteiger partial charge < -0.3 is 14.2 Å². The molecule has 3 aromatic rings. The number of methoxy groups -OCH3 is 1. The second-order valence-electron chi connectivity index (χ2n) is 3.90. The van der Waals surface area contributed by atoms with E-state index in [2.05, 4.69) is 4.98 Å². The molecule has 3 rings (SSSR count). The summed E-state index contributed by atoms with van der Waals surface area (Å²) in [6, 6.07) is 7.50. The normalized spacial score (nSPS) is 10.9. The van der Waals surface area contributed by atoms with E-state index in [0.29, 0.717) is 5.65 Å². The van der Waals surface area contributed by atoms with Crippen molar-refractivity contribution in [3.8, 4) is 5.75 Å². The van der Waals surface area contributed by atoms with Crippen LogP contribution in [0.25, 0.3) is 16.4 Å². The van der Waals surface area contributed by atoms with Crippen molar-refractivity contribution in [3.63, 3.8) is 0 Å². The molecule has 0 spiro atoms. The van der Waals surface area contributed by atoms with Crippen molar-refractivity contribution in [2.75, 3.05) is 7.11 Å². The van der Waals surface area contributed by atoms with Gasteiger partial charge in [0, 0.05) is 23.2 Å². The molecule has 90 valence electrons. The average molecular weight is 242 g/mol. The quantitative estimate of drug-likeness (QED) is 0.748. The highest BCUT2D eigenvalue weighted by molar-refractivity contribution is 5.99. The van der Waals surface area contributed by atoms with Crippen molar-refractivity contribution in [2.45, 2.75) is 0 Å². The van der Waals surface area contributed by atoms with Crippen molar-refractivity contribution in [1.82, 2.24) is 9.38 Å². The van der Waals surface area contributed by atoms with Gasteiger partial charge in [0.1, 0.15) is 11.4 Å². The van der Waals surface area contributed by atoms with E-state index in [-0.39, 0.29) is 5.69 Å². The lowest BCUT2D eigenvalue weighted by atomic mass is 10.1. The van der Waals surface area contributed by atoms with Gasteiger partial charge in [0.15, 0.2) is 5.69 Å². The zero-order valence-electron chi connectivity index (χ0n) is 9.62. The van der Waals surface area contributed by atoms with Crippen molar-refractivity contribution >= 4 is 22.4 Å². The lowest BCUT2D eigenvalue weighted by Crippen LogP contribution is -1.94. The maximum absolute atomic E-state index is 10.9. The predicted octanol–water partition coefficient (Wildman–Crippen LogP) is 2.19. The summed E-state index contributed by atoms with van der Waals surface area (Å²) in [5.74, 6) is -0.287. The first-order chi connectivity index (χ1) is 8.70. The molecule has 0 unspecified atom stereocenters. The van der Waals surface area contributed by atoms with Gasteiger partial charge >= 0.3 is 5.97 Å². The monoisotopic (exact) mass is 242 g/mol. The fourth-order valence-corrected chi connectivity index (χ4v) is 2.05. The topological polar surface area (TPSA) is 63.8 Å². The molecule has 0 atom stereocenters. The molecule has 0 amide bonds. The summed E-state index contributed by atoms with van der Waals surface area (Å²) in [6.07, 6.45) is 3.27. The van der Waals surface area contributed by atoms with E-state index in [4.69, 9.17) is 9.84 Å². The van der Waals surface area contributed by atoms with Gasteiger partial charge in [-0.05, 0) is 12.1 Å². The van der Waals surface area contributed by atoms with Gasteiger partial charge in [0.05, 0.1) is 7.11 Å². The Hall–Kier alpha value is -2.56. The first-order valence-electron chi connectivity index (χ1n) is 5.38. The van der Waals surface area contributed by atoms with E-state index < -0.39 is 5.97 Å². The molecule has 0 radical (unpaired) electrons. The van der Waals surface area contributed by atoms with Crippen molar-refractivity contribution in [1.29, 1.82) is 0 Å². The molecule has 0 fully saturated rings. The molecule has 0 aliphatic carbocycles. The number of pyridine rings is 1. The van der Waals surface area contributed by atoms with Gasteiger partial charge in [-0.3, -0.25) is 0 Å². The molecule has 0 saturated carbocycles. The number of rotatable bonds is 2. The van der Waals surface area contributed by atoms with Crippen LogP contribution in [0.5, 0.6) is 5.75 Å². The average Bonchev–Trinajstić information content (AvgIpc) is 2.82. The molecule has 0 bridgehead atoms. The number of carboxylic acid groups (broad SMARTS) is 1. The first-order valence-corrected chi connectivity index (χ1v) is 5.38. The van der Waals surface area contributed by atoms with E-state index in [1.807, 2.05) is 24.3 Å². The summed E-state index contributed by atoms with van der Waals surface area (Å²) in [5.41, 5.74) is 0.647. The highest BCUT2D eigenvalue weighted by Crippen LogP contribution is 2.27. The molecule has 1 N–H and O–H groups in total. The zero-order valence-corrected chi connectivity index (χ0v) is 9.62. The molecule has 5 nitrogen and oxygen atoms in total. The number of fused-ring (bicyclic) bond motifs is 3. The number of benzene rings is 1. The summed E-state index contributed by atoms with van der Waals surface area (Å²) in [6.45, 7) is 0. The van der Waals surface area contributed by atoms with Crippen LogP contribution in [0.4, 0.5) is 0 Å². The number of aromatic nitrogens is 2. The third-order valence-corrected chi connectivity index (χ3v) is 2.88. The van der Waals surface area contributed by atoms with Crippen LogP contribution in [0, 0.1) is 0 Å². The summed E-state index contributed by atoms with van der Waals surface area (Å²) in [5, 5.41) is 10.7. The molecular formula is C13H10N2O3. The number of imidazole rings is 1. The van der Waals surface area contributed by atoms with Gasteiger partial charge in [-0.1, -0.05) is 12.1 Å². The molecule has 0 aliphatic rings. The fourth-order valence-electron chi connectivity index (χ4n) is 2.05. The molecule has 5 heteroatoms. The maximum Gasteiger partial charge on any atom is 0.356 e. The van der Waals surface area contributed by atoms with Crippen LogP contribution in [-0.4, -0.2) is 27.6 Å². The molecule has 2 heterocycles. The Kier molecular flexibility index (Phi) is 2.19. The smallest absolute Gasteiger partial charge is 0.356 e. The molecular weight excluding hydrogens is 232 g/mol. The third-order valence-electron chi connectivity index (χ3n) is 2.88. The molecule has 0 saturated heterocycles. The number of hydrogen-bond donors (Lipinski definition) is 1. The van der Waals surface area contributed by atoms with Crippen LogP contribution in [0.1, 0.15) is 10.5 Å². The van der Waals surface area contributed by atoms with Gasteiger partial charge in [0.2, 0.25) is 0 Å².